The van der Waals surface area contributed by atoms with Gasteiger partial charge < -0.3 is 0 Å². The van der Waals surface area contributed by atoms with Crippen LogP contribution in [0.5, 0.6) is 0 Å². The lowest BCUT2D eigenvalue weighted by atomic mass is 9.97. The first-order valence-electron chi connectivity index (χ1n) is 6.38. The first-order valence-corrected chi connectivity index (χ1v) is 7.26. The highest BCUT2D eigenvalue weighted by atomic mass is 32.1. The molecule has 0 spiro atoms. The number of benzene rings is 3. The summed E-state index contributed by atoms with van der Waals surface area (Å²) in [5, 5.41) is 7.45. The highest BCUT2D eigenvalue weighted by Crippen LogP contribution is 2.36. The lowest BCUT2D eigenvalue weighted by Crippen LogP contribution is -1.81. The van der Waals surface area contributed by atoms with Gasteiger partial charge in [-0.05, 0) is 33.0 Å². The molecule has 0 amide bonds. The van der Waals surface area contributed by atoms with Crippen molar-refractivity contribution in [2.24, 2.45) is 0 Å². The molecule has 19 heavy (non-hydrogen) atoms. The Morgan fingerprint density at radius 3 is 2.37 bits per heavy atom. The Morgan fingerprint density at radius 2 is 1.47 bits per heavy atom. The summed E-state index contributed by atoms with van der Waals surface area (Å²) in [6, 6.07) is 23.9. The molecule has 1 heterocycles. The van der Waals surface area contributed by atoms with Crippen molar-refractivity contribution in [2.45, 2.75) is 0 Å². The SMILES string of the molecule is c1csc(-c2cccc3ccc4ccccc4c23)c1. The van der Waals surface area contributed by atoms with Gasteiger partial charge in [-0.25, -0.2) is 0 Å². The second-order valence-corrected chi connectivity index (χ2v) is 5.62. The van der Waals surface area contributed by atoms with Gasteiger partial charge in [-0.3, -0.25) is 0 Å². The van der Waals surface area contributed by atoms with Gasteiger partial charge in [0.1, 0.15) is 0 Å². The number of hydrogen-bond donors (Lipinski definition) is 0. The van der Waals surface area contributed by atoms with E-state index in [0.717, 1.165) is 0 Å². The molecule has 0 aliphatic carbocycles. The molecule has 0 radical (unpaired) electrons. The Balaban J connectivity index is 2.22. The Labute approximate surface area is 115 Å². The van der Waals surface area contributed by atoms with Crippen LogP contribution in [-0.2, 0) is 0 Å². The van der Waals surface area contributed by atoms with E-state index < -0.39 is 0 Å². The third kappa shape index (κ3) is 1.66. The van der Waals surface area contributed by atoms with Crippen LogP contribution in [0, 0.1) is 0 Å². The minimum atomic E-state index is 1.30. The van der Waals surface area contributed by atoms with Gasteiger partial charge >= 0.3 is 0 Å². The molecule has 0 atom stereocenters. The zero-order valence-corrected chi connectivity index (χ0v) is 11.2. The summed E-state index contributed by atoms with van der Waals surface area (Å²) in [5.41, 5.74) is 1.34. The van der Waals surface area contributed by atoms with Gasteiger partial charge in [0.15, 0.2) is 0 Å². The van der Waals surface area contributed by atoms with Gasteiger partial charge in [-0.1, -0.05) is 60.7 Å². The smallest absolute Gasteiger partial charge is 0.0349 e. The van der Waals surface area contributed by atoms with Crippen molar-refractivity contribution in [3.8, 4) is 10.4 Å². The molecule has 4 rings (SSSR count). The van der Waals surface area contributed by atoms with E-state index >= 15 is 0 Å². The molecule has 0 fully saturated rings. The Bertz CT molecular complexity index is 857. The normalized spacial score (nSPS) is 11.2. The number of thiophene rings is 1. The van der Waals surface area contributed by atoms with Gasteiger partial charge in [0.05, 0.1) is 0 Å². The summed E-state index contributed by atoms with van der Waals surface area (Å²) in [4.78, 5) is 1.34. The minimum absolute atomic E-state index is 1.30. The van der Waals surface area contributed by atoms with Gasteiger partial charge in [0.25, 0.3) is 0 Å². The summed E-state index contributed by atoms with van der Waals surface area (Å²) in [5.74, 6) is 0. The highest BCUT2D eigenvalue weighted by molar-refractivity contribution is 7.13. The molecular weight excluding hydrogens is 248 g/mol. The van der Waals surface area contributed by atoms with Crippen LogP contribution in [0.15, 0.2) is 72.1 Å². The molecule has 3 aromatic carbocycles. The van der Waals surface area contributed by atoms with Crippen LogP contribution in [0.4, 0.5) is 0 Å². The zero-order chi connectivity index (χ0) is 12.7. The fraction of sp³-hybridized carbons (Fsp3) is 0. The molecule has 0 bridgehead atoms. The summed E-state index contributed by atoms with van der Waals surface area (Å²) in [6.45, 7) is 0. The molecule has 0 saturated carbocycles. The minimum Gasteiger partial charge on any atom is -0.144 e. The zero-order valence-electron chi connectivity index (χ0n) is 10.3. The summed E-state index contributed by atoms with van der Waals surface area (Å²) in [6.07, 6.45) is 0. The average molecular weight is 260 g/mol. The molecule has 0 nitrogen and oxygen atoms in total. The number of fused-ring (bicyclic) bond motifs is 3. The summed E-state index contributed by atoms with van der Waals surface area (Å²) in [7, 11) is 0. The first-order chi connectivity index (χ1) is 9.43. The molecule has 0 N–H and O–H groups in total. The van der Waals surface area contributed by atoms with Gasteiger partial charge in [-0.2, -0.15) is 0 Å². The van der Waals surface area contributed by atoms with Crippen LogP contribution in [0.25, 0.3) is 32.0 Å². The van der Waals surface area contributed by atoms with Crippen molar-refractivity contribution < 1.29 is 0 Å². The van der Waals surface area contributed by atoms with Crippen LogP contribution in [0.1, 0.15) is 0 Å². The third-order valence-electron chi connectivity index (χ3n) is 3.56. The van der Waals surface area contributed by atoms with Gasteiger partial charge in [0, 0.05) is 10.4 Å². The fourth-order valence-electron chi connectivity index (χ4n) is 2.70. The predicted molar refractivity (Wildman–Crippen MR) is 84.8 cm³/mol. The molecule has 0 saturated heterocycles. The standard InChI is InChI=1S/C18H12S/c1-2-7-15-13(5-1)10-11-14-6-3-8-16(18(14)15)17-9-4-12-19-17/h1-12H. The van der Waals surface area contributed by atoms with Gasteiger partial charge in [-0.15, -0.1) is 11.3 Å². The van der Waals surface area contributed by atoms with Crippen molar-refractivity contribution in [3.63, 3.8) is 0 Å². The van der Waals surface area contributed by atoms with Crippen LogP contribution in [0.2, 0.25) is 0 Å². The third-order valence-corrected chi connectivity index (χ3v) is 4.46. The number of rotatable bonds is 1. The molecule has 1 heteroatoms. The Morgan fingerprint density at radius 1 is 0.632 bits per heavy atom. The Hall–Kier alpha value is -2.12. The molecular formula is C18H12S. The van der Waals surface area contributed by atoms with Crippen molar-refractivity contribution in [1.82, 2.24) is 0 Å². The maximum absolute atomic E-state index is 2.22. The van der Waals surface area contributed by atoms with Crippen LogP contribution in [-0.4, -0.2) is 0 Å². The number of hydrogen-bond acceptors (Lipinski definition) is 1. The van der Waals surface area contributed by atoms with Crippen molar-refractivity contribution in [1.29, 1.82) is 0 Å². The maximum Gasteiger partial charge on any atom is 0.0349 e. The lowest BCUT2D eigenvalue weighted by molar-refractivity contribution is 1.75. The molecule has 0 unspecified atom stereocenters. The second-order valence-electron chi connectivity index (χ2n) is 4.67. The molecule has 90 valence electrons. The van der Waals surface area contributed by atoms with E-state index in [-0.39, 0.29) is 0 Å². The molecule has 4 aromatic rings. The predicted octanol–water partition coefficient (Wildman–Crippen LogP) is 5.72. The Kier molecular flexibility index (Phi) is 2.39. The summed E-state index contributed by atoms with van der Waals surface area (Å²) < 4.78 is 0. The van der Waals surface area contributed by atoms with E-state index in [4.69, 9.17) is 0 Å². The summed E-state index contributed by atoms with van der Waals surface area (Å²) >= 11 is 1.80. The largest absolute Gasteiger partial charge is 0.144 e. The fourth-order valence-corrected chi connectivity index (χ4v) is 3.45. The highest BCUT2D eigenvalue weighted by Gasteiger charge is 2.07. The quantitative estimate of drug-likeness (QED) is 0.384. The first kappa shape index (κ1) is 10.8. The van der Waals surface area contributed by atoms with Crippen molar-refractivity contribution in [2.75, 3.05) is 0 Å². The molecule has 1 aromatic heterocycles. The maximum atomic E-state index is 2.22. The molecule has 0 aliphatic heterocycles. The molecule has 0 aliphatic rings. The van der Waals surface area contributed by atoms with E-state index in [1.807, 2.05) is 0 Å². The van der Waals surface area contributed by atoms with E-state index in [2.05, 4.69) is 72.1 Å². The van der Waals surface area contributed by atoms with E-state index in [9.17, 15) is 0 Å². The van der Waals surface area contributed by atoms with E-state index in [1.54, 1.807) is 11.3 Å². The lowest BCUT2D eigenvalue weighted by Gasteiger charge is -2.08. The van der Waals surface area contributed by atoms with E-state index in [0.29, 0.717) is 0 Å². The second kappa shape index (κ2) is 4.22. The van der Waals surface area contributed by atoms with Gasteiger partial charge in [0.2, 0.25) is 0 Å². The monoisotopic (exact) mass is 260 g/mol. The van der Waals surface area contributed by atoms with Crippen molar-refractivity contribution in [3.05, 3.63) is 72.1 Å². The van der Waals surface area contributed by atoms with Crippen molar-refractivity contribution >= 4 is 32.9 Å². The average Bonchev–Trinajstić information content (AvgIpc) is 3.00. The van der Waals surface area contributed by atoms with Crippen LogP contribution >= 0.6 is 11.3 Å². The van der Waals surface area contributed by atoms with Crippen LogP contribution in [0.3, 0.4) is 0 Å². The van der Waals surface area contributed by atoms with E-state index in [1.165, 1.54) is 32.0 Å². The topological polar surface area (TPSA) is 0 Å². The van der Waals surface area contributed by atoms with Crippen LogP contribution < -0.4 is 0 Å².